The molecule has 0 bridgehead atoms. The second kappa shape index (κ2) is 6.05. The molecule has 0 aromatic carbocycles. The number of hydrogen-bond acceptors (Lipinski definition) is 6. The number of H-pyrrole nitrogens is 2. The third-order valence-electron chi connectivity index (χ3n) is 4.90. The van der Waals surface area contributed by atoms with Crippen molar-refractivity contribution in [1.82, 2.24) is 30.0 Å². The third-order valence-corrected chi connectivity index (χ3v) is 6.08. The minimum absolute atomic E-state index is 0.196. The summed E-state index contributed by atoms with van der Waals surface area (Å²) >= 11 is 1.61. The highest BCUT2D eigenvalue weighted by atomic mass is 32.1. The first kappa shape index (κ1) is 16.2. The van der Waals surface area contributed by atoms with Gasteiger partial charge < -0.3 is 15.6 Å². The number of aromatic amines is 2. The SMILES string of the molecule is CCN(Cc1nc2c(N)nc3cc(-c4ccn[nH]4)sc3c2[nH]1)C(=O)C1CC1. The second-order valence-electron chi connectivity index (χ2n) is 6.83. The number of thiophene rings is 1. The lowest BCUT2D eigenvalue weighted by atomic mass is 10.3. The van der Waals surface area contributed by atoms with E-state index in [0.717, 1.165) is 45.0 Å². The highest BCUT2D eigenvalue weighted by molar-refractivity contribution is 7.23. The third kappa shape index (κ3) is 2.74. The maximum absolute atomic E-state index is 12.4. The molecule has 4 N–H and O–H groups in total. The van der Waals surface area contributed by atoms with Crippen molar-refractivity contribution in [2.24, 2.45) is 5.92 Å². The van der Waals surface area contributed by atoms with Gasteiger partial charge in [-0.15, -0.1) is 11.3 Å². The van der Waals surface area contributed by atoms with Crippen LogP contribution in [0.4, 0.5) is 5.82 Å². The topological polar surface area (TPSA) is 117 Å². The molecule has 0 aliphatic heterocycles. The lowest BCUT2D eigenvalue weighted by Crippen LogP contribution is -2.31. The highest BCUT2D eigenvalue weighted by Gasteiger charge is 2.33. The number of pyridine rings is 1. The summed E-state index contributed by atoms with van der Waals surface area (Å²) in [6.45, 7) is 3.12. The lowest BCUT2D eigenvalue weighted by molar-refractivity contribution is -0.133. The van der Waals surface area contributed by atoms with E-state index in [1.807, 2.05) is 24.0 Å². The predicted octanol–water partition coefficient (Wildman–Crippen LogP) is 2.90. The van der Waals surface area contributed by atoms with Gasteiger partial charge >= 0.3 is 0 Å². The van der Waals surface area contributed by atoms with E-state index in [0.29, 0.717) is 24.4 Å². The van der Waals surface area contributed by atoms with Crippen molar-refractivity contribution >= 4 is 44.3 Å². The molecule has 5 rings (SSSR count). The van der Waals surface area contributed by atoms with Crippen LogP contribution < -0.4 is 5.73 Å². The molecule has 138 valence electrons. The predicted molar refractivity (Wildman–Crippen MR) is 105 cm³/mol. The minimum atomic E-state index is 0.196. The van der Waals surface area contributed by atoms with E-state index in [4.69, 9.17) is 5.73 Å². The van der Waals surface area contributed by atoms with Crippen molar-refractivity contribution in [1.29, 1.82) is 0 Å². The molecule has 0 spiro atoms. The maximum atomic E-state index is 12.4. The van der Waals surface area contributed by atoms with Gasteiger partial charge in [0.1, 0.15) is 11.3 Å². The van der Waals surface area contributed by atoms with Gasteiger partial charge in [0.15, 0.2) is 5.82 Å². The van der Waals surface area contributed by atoms with Gasteiger partial charge in [0.05, 0.1) is 32.8 Å². The molecule has 0 atom stereocenters. The molecule has 4 aromatic heterocycles. The van der Waals surface area contributed by atoms with Gasteiger partial charge in [-0.25, -0.2) is 9.97 Å². The summed E-state index contributed by atoms with van der Waals surface area (Å²) in [5, 5.41) is 6.99. The van der Waals surface area contributed by atoms with Crippen molar-refractivity contribution in [3.05, 3.63) is 24.2 Å². The van der Waals surface area contributed by atoms with Gasteiger partial charge in [-0.3, -0.25) is 9.89 Å². The molecule has 1 aliphatic carbocycles. The quantitative estimate of drug-likeness (QED) is 0.491. The van der Waals surface area contributed by atoms with Gasteiger partial charge in [0, 0.05) is 18.7 Å². The highest BCUT2D eigenvalue weighted by Crippen LogP contribution is 2.37. The molecule has 8 nitrogen and oxygen atoms in total. The van der Waals surface area contributed by atoms with E-state index in [9.17, 15) is 4.79 Å². The number of imidazole rings is 1. The van der Waals surface area contributed by atoms with Crippen molar-refractivity contribution in [2.75, 3.05) is 12.3 Å². The fourth-order valence-corrected chi connectivity index (χ4v) is 4.39. The molecule has 4 heterocycles. The molecule has 1 aliphatic rings. The van der Waals surface area contributed by atoms with Crippen LogP contribution in [0.1, 0.15) is 25.6 Å². The standard InChI is InChI=1S/C18H19N7OS/c1-2-25(18(26)9-3-4-9)8-13-22-14-15(23-13)17(19)21-11-7-12(27-16(11)14)10-5-6-20-24-10/h5-7,9H,2-4,8H2,1H3,(H2,19,21)(H,20,24)(H,22,23). The Morgan fingerprint density at radius 1 is 1.41 bits per heavy atom. The van der Waals surface area contributed by atoms with Gasteiger partial charge in [0.2, 0.25) is 5.91 Å². The van der Waals surface area contributed by atoms with E-state index >= 15 is 0 Å². The van der Waals surface area contributed by atoms with Crippen molar-refractivity contribution < 1.29 is 4.79 Å². The number of carbonyl (C=O) groups is 1. The Hall–Kier alpha value is -2.94. The second-order valence-corrected chi connectivity index (χ2v) is 7.88. The molecule has 4 aromatic rings. The molecule has 1 fully saturated rings. The minimum Gasteiger partial charge on any atom is -0.382 e. The molecule has 9 heteroatoms. The summed E-state index contributed by atoms with van der Waals surface area (Å²) in [6, 6.07) is 3.92. The van der Waals surface area contributed by atoms with Crippen LogP contribution in [0.15, 0.2) is 18.3 Å². The maximum Gasteiger partial charge on any atom is 0.226 e. The van der Waals surface area contributed by atoms with Crippen LogP contribution in [0.5, 0.6) is 0 Å². The Balaban J connectivity index is 1.56. The van der Waals surface area contributed by atoms with Gasteiger partial charge in [-0.1, -0.05) is 0 Å². The number of carbonyl (C=O) groups excluding carboxylic acids is 1. The fraction of sp³-hybridized carbons (Fsp3) is 0.333. The van der Waals surface area contributed by atoms with E-state index in [1.54, 1.807) is 17.5 Å². The number of nitrogens with two attached hydrogens (primary N) is 1. The number of hydrogen-bond donors (Lipinski definition) is 3. The van der Waals surface area contributed by atoms with Crippen molar-refractivity contribution in [2.45, 2.75) is 26.3 Å². The monoisotopic (exact) mass is 381 g/mol. The zero-order valence-electron chi connectivity index (χ0n) is 14.8. The number of anilines is 1. The van der Waals surface area contributed by atoms with Gasteiger partial charge in [-0.05, 0) is 31.9 Å². The number of fused-ring (bicyclic) bond motifs is 3. The van der Waals surface area contributed by atoms with Crippen LogP contribution in [-0.4, -0.2) is 42.5 Å². The molecular weight excluding hydrogens is 362 g/mol. The van der Waals surface area contributed by atoms with Gasteiger partial charge in [-0.2, -0.15) is 5.10 Å². The first-order valence-electron chi connectivity index (χ1n) is 9.00. The van der Waals surface area contributed by atoms with Crippen LogP contribution in [0.2, 0.25) is 0 Å². The first-order valence-corrected chi connectivity index (χ1v) is 9.82. The first-order chi connectivity index (χ1) is 13.1. The van der Waals surface area contributed by atoms with Crippen LogP contribution in [0.3, 0.4) is 0 Å². The van der Waals surface area contributed by atoms with Crippen LogP contribution in [0.25, 0.3) is 31.8 Å². The van der Waals surface area contributed by atoms with E-state index < -0.39 is 0 Å². The number of nitrogens with zero attached hydrogens (tertiary/aromatic N) is 4. The number of amides is 1. The summed E-state index contributed by atoms with van der Waals surface area (Å²) in [7, 11) is 0. The van der Waals surface area contributed by atoms with Crippen LogP contribution >= 0.6 is 11.3 Å². The molecule has 0 unspecified atom stereocenters. The normalized spacial score (nSPS) is 14.3. The Labute approximate surface area is 158 Å². The molecule has 1 amide bonds. The zero-order chi connectivity index (χ0) is 18.5. The lowest BCUT2D eigenvalue weighted by Gasteiger charge is -2.19. The summed E-state index contributed by atoms with van der Waals surface area (Å²) in [6.07, 6.45) is 3.72. The molecule has 27 heavy (non-hydrogen) atoms. The molecule has 0 radical (unpaired) electrons. The Morgan fingerprint density at radius 2 is 2.26 bits per heavy atom. The molecule has 1 saturated carbocycles. The average molecular weight is 381 g/mol. The zero-order valence-corrected chi connectivity index (χ0v) is 15.6. The number of rotatable bonds is 5. The number of nitrogen functional groups attached to an aromatic ring is 1. The van der Waals surface area contributed by atoms with Crippen molar-refractivity contribution in [3.63, 3.8) is 0 Å². The fourth-order valence-electron chi connectivity index (χ4n) is 3.31. The molecular formula is C18H19N7OS. The summed E-state index contributed by atoms with van der Waals surface area (Å²) in [4.78, 5) is 27.8. The van der Waals surface area contributed by atoms with E-state index in [2.05, 4.69) is 25.1 Å². The van der Waals surface area contributed by atoms with Crippen molar-refractivity contribution in [3.8, 4) is 10.6 Å². The number of nitrogens with one attached hydrogen (secondary N) is 2. The molecule has 0 saturated heterocycles. The largest absolute Gasteiger partial charge is 0.382 e. The van der Waals surface area contributed by atoms with Crippen LogP contribution in [0, 0.1) is 5.92 Å². The van der Waals surface area contributed by atoms with E-state index in [-0.39, 0.29) is 11.8 Å². The Morgan fingerprint density at radius 3 is 2.96 bits per heavy atom. The summed E-state index contributed by atoms with van der Waals surface area (Å²) < 4.78 is 0.999. The smallest absolute Gasteiger partial charge is 0.226 e. The summed E-state index contributed by atoms with van der Waals surface area (Å²) in [5.74, 6) is 1.54. The average Bonchev–Trinajstić information content (AvgIpc) is 3.07. The van der Waals surface area contributed by atoms with Gasteiger partial charge in [0.25, 0.3) is 0 Å². The Bertz CT molecular complexity index is 1140. The van der Waals surface area contributed by atoms with Crippen LogP contribution in [-0.2, 0) is 11.3 Å². The van der Waals surface area contributed by atoms with E-state index in [1.165, 1.54) is 0 Å². The number of aromatic nitrogens is 5. The summed E-state index contributed by atoms with van der Waals surface area (Å²) in [5.41, 5.74) is 9.45. The Kier molecular flexibility index (Phi) is 3.64.